The van der Waals surface area contributed by atoms with Crippen LogP contribution in [0.5, 0.6) is 0 Å². The summed E-state index contributed by atoms with van der Waals surface area (Å²) in [6.45, 7) is 5.02. The van der Waals surface area contributed by atoms with Gasteiger partial charge in [0, 0.05) is 12.6 Å². The van der Waals surface area contributed by atoms with E-state index in [1.54, 1.807) is 6.33 Å². The number of anilines is 1. The third-order valence-electron chi connectivity index (χ3n) is 3.43. The highest BCUT2D eigenvalue weighted by molar-refractivity contribution is 5.86. The Morgan fingerprint density at radius 1 is 1.14 bits per heavy atom. The summed E-state index contributed by atoms with van der Waals surface area (Å²) in [6, 6.07) is 10.7. The molecule has 0 aliphatic carbocycles. The van der Waals surface area contributed by atoms with Gasteiger partial charge in [-0.3, -0.25) is 0 Å². The van der Waals surface area contributed by atoms with E-state index in [-0.39, 0.29) is 6.04 Å². The van der Waals surface area contributed by atoms with Crippen molar-refractivity contribution in [1.82, 2.24) is 19.7 Å². The van der Waals surface area contributed by atoms with E-state index in [1.807, 2.05) is 16.9 Å². The molecule has 3 rings (SSSR count). The molecular formula is C16H19N5. The van der Waals surface area contributed by atoms with Gasteiger partial charge in [0.2, 0.25) is 0 Å². The number of hydrogen-bond donors (Lipinski definition) is 1. The van der Waals surface area contributed by atoms with E-state index >= 15 is 0 Å². The minimum atomic E-state index is 0.287. The molecule has 1 aromatic carbocycles. The van der Waals surface area contributed by atoms with Gasteiger partial charge >= 0.3 is 0 Å². The molecular weight excluding hydrogens is 262 g/mol. The van der Waals surface area contributed by atoms with Crippen molar-refractivity contribution >= 4 is 16.9 Å². The molecule has 3 aromatic rings. The molecule has 1 N–H and O–H groups in total. The summed E-state index contributed by atoms with van der Waals surface area (Å²) in [5.74, 6) is 0.850. The molecule has 0 spiro atoms. The van der Waals surface area contributed by atoms with Crippen molar-refractivity contribution in [2.45, 2.75) is 26.3 Å². The smallest absolute Gasteiger partial charge is 0.163 e. The SMILES string of the molecule is CC(C)n1ncc2c(NCCc3ccccc3)ncnc21. The Bertz CT molecular complexity index is 718. The lowest BCUT2D eigenvalue weighted by Gasteiger charge is -2.08. The second kappa shape index (κ2) is 5.91. The summed E-state index contributed by atoms with van der Waals surface area (Å²) in [4.78, 5) is 8.67. The molecule has 0 atom stereocenters. The minimum Gasteiger partial charge on any atom is -0.369 e. The number of fused-ring (bicyclic) bond motifs is 1. The van der Waals surface area contributed by atoms with Crippen molar-refractivity contribution in [1.29, 1.82) is 0 Å². The molecule has 0 aliphatic heterocycles. The molecule has 5 heteroatoms. The first kappa shape index (κ1) is 13.5. The minimum absolute atomic E-state index is 0.287. The van der Waals surface area contributed by atoms with Gasteiger partial charge in [0.1, 0.15) is 12.1 Å². The fraction of sp³-hybridized carbons (Fsp3) is 0.312. The van der Waals surface area contributed by atoms with Crippen LogP contribution in [0.25, 0.3) is 11.0 Å². The molecule has 0 radical (unpaired) electrons. The molecule has 0 bridgehead atoms. The van der Waals surface area contributed by atoms with Crippen LogP contribution in [0.2, 0.25) is 0 Å². The van der Waals surface area contributed by atoms with Crippen LogP contribution in [0.3, 0.4) is 0 Å². The normalized spacial score (nSPS) is 11.2. The molecule has 0 amide bonds. The topological polar surface area (TPSA) is 55.6 Å². The number of rotatable bonds is 5. The summed E-state index contributed by atoms with van der Waals surface area (Å²) >= 11 is 0. The largest absolute Gasteiger partial charge is 0.369 e. The van der Waals surface area contributed by atoms with Crippen LogP contribution in [-0.2, 0) is 6.42 Å². The molecule has 5 nitrogen and oxygen atoms in total. The lowest BCUT2D eigenvalue weighted by Crippen LogP contribution is -2.08. The highest BCUT2D eigenvalue weighted by atomic mass is 15.3. The van der Waals surface area contributed by atoms with Crippen LogP contribution in [0, 0.1) is 0 Å². The van der Waals surface area contributed by atoms with Crippen LogP contribution in [0.1, 0.15) is 25.5 Å². The van der Waals surface area contributed by atoms with Crippen LogP contribution in [-0.4, -0.2) is 26.3 Å². The quantitative estimate of drug-likeness (QED) is 0.781. The van der Waals surface area contributed by atoms with E-state index in [0.717, 1.165) is 29.8 Å². The summed E-state index contributed by atoms with van der Waals surface area (Å²) in [7, 11) is 0. The Labute approximate surface area is 124 Å². The third kappa shape index (κ3) is 2.86. The van der Waals surface area contributed by atoms with Crippen LogP contribution < -0.4 is 5.32 Å². The second-order valence-corrected chi connectivity index (χ2v) is 5.30. The fourth-order valence-corrected chi connectivity index (χ4v) is 2.35. The Balaban J connectivity index is 1.75. The maximum absolute atomic E-state index is 4.40. The number of benzene rings is 1. The zero-order valence-corrected chi connectivity index (χ0v) is 12.3. The zero-order chi connectivity index (χ0) is 14.7. The first-order valence-corrected chi connectivity index (χ1v) is 7.21. The Morgan fingerprint density at radius 2 is 1.95 bits per heavy atom. The molecule has 0 aliphatic rings. The second-order valence-electron chi connectivity index (χ2n) is 5.30. The van der Waals surface area contributed by atoms with Crippen molar-refractivity contribution in [3.8, 4) is 0 Å². The van der Waals surface area contributed by atoms with Crippen molar-refractivity contribution in [2.24, 2.45) is 0 Å². The number of hydrogen-bond acceptors (Lipinski definition) is 4. The first-order valence-electron chi connectivity index (χ1n) is 7.21. The molecule has 0 saturated heterocycles. The molecule has 21 heavy (non-hydrogen) atoms. The van der Waals surface area contributed by atoms with Crippen molar-refractivity contribution in [3.05, 3.63) is 48.4 Å². The van der Waals surface area contributed by atoms with Gasteiger partial charge in [-0.1, -0.05) is 30.3 Å². The maximum atomic E-state index is 4.40. The predicted molar refractivity (Wildman–Crippen MR) is 84.3 cm³/mol. The predicted octanol–water partition coefficient (Wildman–Crippen LogP) is 3.06. The summed E-state index contributed by atoms with van der Waals surface area (Å²) in [5.41, 5.74) is 2.19. The van der Waals surface area contributed by atoms with E-state index in [9.17, 15) is 0 Å². The van der Waals surface area contributed by atoms with Gasteiger partial charge in [0.05, 0.1) is 11.6 Å². The third-order valence-corrected chi connectivity index (χ3v) is 3.43. The summed E-state index contributed by atoms with van der Waals surface area (Å²) in [6.07, 6.45) is 4.39. The van der Waals surface area contributed by atoms with E-state index < -0.39 is 0 Å². The van der Waals surface area contributed by atoms with Crippen LogP contribution >= 0.6 is 0 Å². The standard InChI is InChI=1S/C16H19N5/c1-12(2)21-16-14(10-20-21)15(18-11-19-16)17-9-8-13-6-4-3-5-7-13/h3-7,10-12H,8-9H2,1-2H3,(H,17,18,19). The highest BCUT2D eigenvalue weighted by Crippen LogP contribution is 2.20. The molecule has 0 saturated carbocycles. The van der Waals surface area contributed by atoms with Gasteiger partial charge in [-0.15, -0.1) is 0 Å². The van der Waals surface area contributed by atoms with Gasteiger partial charge < -0.3 is 5.32 Å². The summed E-state index contributed by atoms with van der Waals surface area (Å²) < 4.78 is 1.92. The van der Waals surface area contributed by atoms with E-state index in [0.29, 0.717) is 0 Å². The Kier molecular flexibility index (Phi) is 3.81. The molecule has 2 aromatic heterocycles. The van der Waals surface area contributed by atoms with E-state index in [2.05, 4.69) is 58.5 Å². The average molecular weight is 281 g/mol. The number of nitrogens with zero attached hydrogens (tertiary/aromatic N) is 4. The maximum Gasteiger partial charge on any atom is 0.163 e. The lowest BCUT2D eigenvalue weighted by molar-refractivity contribution is 0.546. The average Bonchev–Trinajstić information content (AvgIpc) is 2.93. The van der Waals surface area contributed by atoms with Crippen LogP contribution in [0.15, 0.2) is 42.9 Å². The van der Waals surface area contributed by atoms with Gasteiger partial charge in [-0.25, -0.2) is 14.6 Å². The molecule has 0 fully saturated rings. The zero-order valence-electron chi connectivity index (χ0n) is 12.3. The Morgan fingerprint density at radius 3 is 2.71 bits per heavy atom. The Hall–Kier alpha value is -2.43. The number of nitrogens with one attached hydrogen (secondary N) is 1. The lowest BCUT2D eigenvalue weighted by atomic mass is 10.1. The van der Waals surface area contributed by atoms with Gasteiger partial charge in [0.15, 0.2) is 5.65 Å². The van der Waals surface area contributed by atoms with Gasteiger partial charge in [-0.2, -0.15) is 5.10 Å². The van der Waals surface area contributed by atoms with E-state index in [4.69, 9.17) is 0 Å². The molecule has 108 valence electrons. The van der Waals surface area contributed by atoms with Crippen LogP contribution in [0.4, 0.5) is 5.82 Å². The monoisotopic (exact) mass is 281 g/mol. The van der Waals surface area contributed by atoms with Gasteiger partial charge in [0.25, 0.3) is 0 Å². The van der Waals surface area contributed by atoms with Crippen molar-refractivity contribution < 1.29 is 0 Å². The molecule has 2 heterocycles. The number of aromatic nitrogens is 4. The van der Waals surface area contributed by atoms with Gasteiger partial charge in [-0.05, 0) is 25.8 Å². The summed E-state index contributed by atoms with van der Waals surface area (Å²) in [5, 5.41) is 8.75. The highest BCUT2D eigenvalue weighted by Gasteiger charge is 2.11. The van der Waals surface area contributed by atoms with Crippen molar-refractivity contribution in [2.75, 3.05) is 11.9 Å². The van der Waals surface area contributed by atoms with E-state index in [1.165, 1.54) is 5.56 Å². The molecule has 0 unspecified atom stereocenters. The first-order chi connectivity index (χ1) is 10.3. The van der Waals surface area contributed by atoms with Crippen molar-refractivity contribution in [3.63, 3.8) is 0 Å². The fourth-order valence-electron chi connectivity index (χ4n) is 2.35.